The summed E-state index contributed by atoms with van der Waals surface area (Å²) in [5.41, 5.74) is 0.514. The molecule has 10 heteroatoms. The highest BCUT2D eigenvalue weighted by molar-refractivity contribution is 6.45. The lowest BCUT2D eigenvalue weighted by molar-refractivity contribution is 0.0672. The van der Waals surface area contributed by atoms with Crippen LogP contribution in [0, 0.1) is 11.8 Å². The second kappa shape index (κ2) is 7.51. The van der Waals surface area contributed by atoms with Crippen LogP contribution >= 0.6 is 0 Å². The first kappa shape index (κ1) is 16.6. The van der Waals surface area contributed by atoms with Gasteiger partial charge in [-0.3, -0.25) is 0 Å². The number of halogens is 2. The minimum Gasteiger partial charge on any atom is -0.470 e. The van der Waals surface area contributed by atoms with E-state index in [1.165, 1.54) is 13.2 Å². The second-order valence-electron chi connectivity index (χ2n) is 4.58. The highest BCUT2D eigenvalue weighted by Crippen LogP contribution is 2.27. The van der Waals surface area contributed by atoms with Crippen molar-refractivity contribution in [2.75, 3.05) is 20.3 Å². The molecule has 0 aliphatic carbocycles. The van der Waals surface area contributed by atoms with Crippen LogP contribution in [0.2, 0.25) is 0 Å². The number of hydrogen-bond donors (Lipinski definition) is 0. The fourth-order valence-electron chi connectivity index (χ4n) is 1.97. The van der Waals surface area contributed by atoms with Crippen molar-refractivity contribution < 1.29 is 27.9 Å². The molecule has 25 heavy (non-hydrogen) atoms. The van der Waals surface area contributed by atoms with Crippen LogP contribution < -0.4 is 4.74 Å². The fraction of sp³-hybridized carbons (Fsp3) is 0.200. The molecule has 0 spiro atoms. The standard InChI is InChI=1S/C15H12F2N4O4/c1-22-20-12(15-21-24-7-6-23-15)9-4-2-3-5-10(9)25-14-11(16)13(17)18-8-19-14/h2-5,8H,6-7H2,1H3/b20-12+. The lowest BCUT2D eigenvalue weighted by atomic mass is 10.1. The summed E-state index contributed by atoms with van der Waals surface area (Å²) in [6.07, 6.45) is 0.850. The highest BCUT2D eigenvalue weighted by Gasteiger charge is 2.23. The minimum absolute atomic E-state index is 0.0680. The number of aromatic nitrogens is 2. The number of para-hydroxylation sites is 1. The van der Waals surface area contributed by atoms with Crippen molar-refractivity contribution in [1.82, 2.24) is 9.97 Å². The van der Waals surface area contributed by atoms with E-state index in [9.17, 15) is 8.78 Å². The van der Waals surface area contributed by atoms with Gasteiger partial charge in [-0.05, 0) is 17.3 Å². The van der Waals surface area contributed by atoms with E-state index in [2.05, 4.69) is 20.3 Å². The van der Waals surface area contributed by atoms with Crippen LogP contribution in [0.1, 0.15) is 5.56 Å². The van der Waals surface area contributed by atoms with Gasteiger partial charge in [-0.15, -0.1) is 0 Å². The highest BCUT2D eigenvalue weighted by atomic mass is 19.2. The van der Waals surface area contributed by atoms with Gasteiger partial charge in [-0.1, -0.05) is 17.3 Å². The van der Waals surface area contributed by atoms with Gasteiger partial charge in [-0.25, -0.2) is 4.98 Å². The third-order valence-corrected chi connectivity index (χ3v) is 3.01. The topological polar surface area (TPSA) is 87.4 Å². The Kier molecular flexibility index (Phi) is 4.97. The van der Waals surface area contributed by atoms with Gasteiger partial charge in [-0.2, -0.15) is 13.8 Å². The van der Waals surface area contributed by atoms with E-state index in [0.717, 1.165) is 6.33 Å². The van der Waals surface area contributed by atoms with Crippen LogP contribution in [0.15, 0.2) is 40.9 Å². The summed E-state index contributed by atoms with van der Waals surface area (Å²) in [5, 5.41) is 7.63. The molecule has 0 saturated heterocycles. The van der Waals surface area contributed by atoms with E-state index in [4.69, 9.17) is 19.1 Å². The fourth-order valence-corrected chi connectivity index (χ4v) is 1.97. The van der Waals surface area contributed by atoms with Gasteiger partial charge in [0.1, 0.15) is 25.8 Å². The van der Waals surface area contributed by atoms with Crippen molar-refractivity contribution in [2.24, 2.45) is 10.3 Å². The Morgan fingerprint density at radius 2 is 2.04 bits per heavy atom. The van der Waals surface area contributed by atoms with Crippen molar-refractivity contribution >= 4 is 11.6 Å². The van der Waals surface area contributed by atoms with Crippen molar-refractivity contribution in [3.8, 4) is 11.6 Å². The number of nitrogens with zero attached hydrogens (tertiary/aromatic N) is 4. The monoisotopic (exact) mass is 350 g/mol. The molecule has 0 bridgehead atoms. The zero-order valence-electron chi connectivity index (χ0n) is 13.0. The molecule has 0 N–H and O–H groups in total. The first-order valence-electron chi connectivity index (χ1n) is 7.08. The SMILES string of the molecule is CO/N=C(/C1=NOCCO1)c1ccccc1Oc1ncnc(F)c1F. The number of rotatable bonds is 5. The van der Waals surface area contributed by atoms with Crippen molar-refractivity contribution in [2.45, 2.75) is 0 Å². The van der Waals surface area contributed by atoms with Gasteiger partial charge < -0.3 is 19.1 Å². The maximum absolute atomic E-state index is 13.8. The molecule has 0 unspecified atom stereocenters. The molecule has 1 aliphatic heterocycles. The maximum Gasteiger partial charge on any atom is 0.280 e. The predicted octanol–water partition coefficient (Wildman–Crippen LogP) is 2.26. The minimum atomic E-state index is -1.32. The zero-order chi connectivity index (χ0) is 17.6. The summed E-state index contributed by atoms with van der Waals surface area (Å²) in [5.74, 6) is -3.00. The molecule has 1 aliphatic rings. The number of hydrogen-bond acceptors (Lipinski definition) is 8. The van der Waals surface area contributed by atoms with Gasteiger partial charge in [0, 0.05) is 0 Å². The summed E-state index contributed by atoms with van der Waals surface area (Å²) >= 11 is 0. The van der Waals surface area contributed by atoms with Crippen LogP contribution in [-0.4, -0.2) is 41.9 Å². The average molecular weight is 350 g/mol. The Morgan fingerprint density at radius 3 is 2.80 bits per heavy atom. The Hall–Kier alpha value is -3.30. The quantitative estimate of drug-likeness (QED) is 0.467. The van der Waals surface area contributed by atoms with E-state index in [0.29, 0.717) is 12.2 Å². The van der Waals surface area contributed by atoms with Crippen LogP contribution in [-0.2, 0) is 14.4 Å². The molecule has 0 amide bonds. The molecule has 1 aromatic carbocycles. The van der Waals surface area contributed by atoms with E-state index in [-0.39, 0.29) is 24.0 Å². The van der Waals surface area contributed by atoms with Gasteiger partial charge in [0.2, 0.25) is 5.82 Å². The molecule has 0 radical (unpaired) electrons. The molecule has 1 aromatic heterocycles. The first-order chi connectivity index (χ1) is 12.2. The van der Waals surface area contributed by atoms with E-state index < -0.39 is 17.6 Å². The second-order valence-corrected chi connectivity index (χ2v) is 4.58. The van der Waals surface area contributed by atoms with Crippen LogP contribution in [0.25, 0.3) is 0 Å². The molecule has 0 saturated carbocycles. The molecule has 3 rings (SSSR count). The normalized spacial score (nSPS) is 14.2. The molecule has 0 fully saturated rings. The van der Waals surface area contributed by atoms with Gasteiger partial charge in [0.05, 0.1) is 5.56 Å². The third kappa shape index (κ3) is 3.62. The third-order valence-electron chi connectivity index (χ3n) is 3.01. The smallest absolute Gasteiger partial charge is 0.280 e. The van der Waals surface area contributed by atoms with Gasteiger partial charge in [0.25, 0.3) is 17.7 Å². The summed E-state index contributed by atoms with van der Waals surface area (Å²) < 4.78 is 37.8. The molecule has 2 aromatic rings. The molecule has 8 nitrogen and oxygen atoms in total. The maximum atomic E-state index is 13.8. The molecule has 0 atom stereocenters. The lowest BCUT2D eigenvalue weighted by Crippen LogP contribution is -2.25. The van der Waals surface area contributed by atoms with Crippen LogP contribution in [0.3, 0.4) is 0 Å². The van der Waals surface area contributed by atoms with Crippen LogP contribution in [0.5, 0.6) is 11.6 Å². The lowest BCUT2D eigenvalue weighted by Gasteiger charge is -2.16. The van der Waals surface area contributed by atoms with Crippen molar-refractivity contribution in [3.05, 3.63) is 47.9 Å². The molecule has 130 valence electrons. The van der Waals surface area contributed by atoms with Crippen molar-refractivity contribution in [3.63, 3.8) is 0 Å². The Morgan fingerprint density at radius 1 is 1.20 bits per heavy atom. The number of benzene rings is 1. The predicted molar refractivity (Wildman–Crippen MR) is 81.3 cm³/mol. The summed E-state index contributed by atoms with van der Waals surface area (Å²) in [7, 11) is 1.34. The zero-order valence-corrected chi connectivity index (χ0v) is 13.0. The van der Waals surface area contributed by atoms with Crippen molar-refractivity contribution in [1.29, 1.82) is 0 Å². The first-order valence-corrected chi connectivity index (χ1v) is 7.08. The molecule has 2 heterocycles. The Labute approximate surface area is 140 Å². The Balaban J connectivity index is 2.01. The summed E-state index contributed by atoms with van der Waals surface area (Å²) in [4.78, 5) is 16.5. The summed E-state index contributed by atoms with van der Waals surface area (Å²) in [6.45, 7) is 0.573. The van der Waals surface area contributed by atoms with E-state index in [1.54, 1.807) is 18.2 Å². The average Bonchev–Trinajstić information content (AvgIpc) is 2.65. The Bertz CT molecular complexity index is 829. The molecular formula is C15H12F2N4O4. The molecular weight excluding hydrogens is 338 g/mol. The van der Waals surface area contributed by atoms with Gasteiger partial charge in [0.15, 0.2) is 12.3 Å². The number of oxime groups is 2. The van der Waals surface area contributed by atoms with Crippen LogP contribution in [0.4, 0.5) is 8.78 Å². The van der Waals surface area contributed by atoms with E-state index >= 15 is 0 Å². The van der Waals surface area contributed by atoms with E-state index in [1.807, 2.05) is 0 Å². The van der Waals surface area contributed by atoms with Gasteiger partial charge >= 0.3 is 0 Å². The largest absolute Gasteiger partial charge is 0.470 e. The summed E-state index contributed by atoms with van der Waals surface area (Å²) in [6, 6.07) is 6.46. The number of ether oxygens (including phenoxy) is 2.